The van der Waals surface area contributed by atoms with Gasteiger partial charge in [-0.2, -0.15) is 0 Å². The zero-order chi connectivity index (χ0) is 27.5. The number of anilines is 2. The van der Waals surface area contributed by atoms with Crippen LogP contribution in [0.3, 0.4) is 0 Å². The minimum Gasteiger partial charge on any atom is -0.493 e. The molecular formula is C28H28Cl2N4O5. The first kappa shape index (κ1) is 26.9. The van der Waals surface area contributed by atoms with Gasteiger partial charge in [-0.3, -0.25) is 9.88 Å². The number of halogens is 2. The normalized spacial score (nSPS) is 17.1. The quantitative estimate of drug-likeness (QED) is 0.276. The summed E-state index contributed by atoms with van der Waals surface area (Å²) >= 11 is 12.7. The van der Waals surface area contributed by atoms with E-state index >= 15 is 0 Å². The van der Waals surface area contributed by atoms with E-state index in [4.69, 9.17) is 37.8 Å². The van der Waals surface area contributed by atoms with Crippen LogP contribution in [0, 0.1) is 0 Å². The predicted molar refractivity (Wildman–Crippen MR) is 150 cm³/mol. The van der Waals surface area contributed by atoms with Crippen LogP contribution in [0.4, 0.5) is 21.0 Å². The van der Waals surface area contributed by atoms with Crippen LogP contribution >= 0.6 is 23.2 Å². The van der Waals surface area contributed by atoms with Crippen LogP contribution in [0.2, 0.25) is 10.0 Å². The average Bonchev–Trinajstić information content (AvgIpc) is 2.95. The Kier molecular flexibility index (Phi) is 7.99. The Bertz CT molecular complexity index is 1350. The lowest BCUT2D eigenvalue weighted by Gasteiger charge is -2.45. The Balaban J connectivity index is 1.49. The standard InChI is InChI=1S/C28H28Cl2N4O5/c1-32(25-16-18(29)2-4-23(25)30)27(35)34(20-8-13-33(14-9-20)19-6-11-31-12-7-19)24-10-15-38-26-5-3-21(17-22(24)26)39-28(36)37/h2-7,11-12,16-17,20,24H,8-10,13-15H2,1H3,(H,36,37). The van der Waals surface area contributed by atoms with Crippen molar-refractivity contribution in [3.63, 3.8) is 0 Å². The maximum Gasteiger partial charge on any atom is 0.511 e. The fourth-order valence-corrected chi connectivity index (χ4v) is 5.74. The predicted octanol–water partition coefficient (Wildman–Crippen LogP) is 6.50. The van der Waals surface area contributed by atoms with Crippen LogP contribution in [0.15, 0.2) is 60.9 Å². The average molecular weight is 571 g/mol. The van der Waals surface area contributed by atoms with Crippen molar-refractivity contribution in [2.75, 3.05) is 36.5 Å². The number of piperidine rings is 1. The zero-order valence-corrected chi connectivity index (χ0v) is 22.8. The first-order chi connectivity index (χ1) is 18.8. The zero-order valence-electron chi connectivity index (χ0n) is 21.3. The molecule has 1 aromatic heterocycles. The van der Waals surface area contributed by atoms with E-state index in [1.54, 1.807) is 55.8 Å². The van der Waals surface area contributed by atoms with E-state index in [0.29, 0.717) is 40.1 Å². The lowest BCUT2D eigenvalue weighted by Crippen LogP contribution is -2.53. The van der Waals surface area contributed by atoms with Crippen molar-refractivity contribution >= 4 is 46.8 Å². The number of ether oxygens (including phenoxy) is 2. The van der Waals surface area contributed by atoms with Gasteiger partial charge >= 0.3 is 12.2 Å². The van der Waals surface area contributed by atoms with Gasteiger partial charge in [-0.15, -0.1) is 0 Å². The Morgan fingerprint density at radius 3 is 2.51 bits per heavy atom. The third-order valence-electron chi connectivity index (χ3n) is 7.19. The summed E-state index contributed by atoms with van der Waals surface area (Å²) in [6.07, 6.45) is 4.16. The molecule has 2 aliphatic rings. The molecule has 3 aromatic rings. The van der Waals surface area contributed by atoms with Crippen LogP contribution in [-0.2, 0) is 0 Å². The summed E-state index contributed by atoms with van der Waals surface area (Å²) < 4.78 is 10.8. The highest BCUT2D eigenvalue weighted by molar-refractivity contribution is 6.35. The molecule has 0 aliphatic carbocycles. The van der Waals surface area contributed by atoms with E-state index in [9.17, 15) is 9.59 Å². The maximum atomic E-state index is 14.3. The molecule has 0 bridgehead atoms. The molecule has 0 saturated carbocycles. The number of aromatic nitrogens is 1. The highest BCUT2D eigenvalue weighted by Crippen LogP contribution is 2.42. The van der Waals surface area contributed by atoms with Gasteiger partial charge < -0.3 is 24.4 Å². The molecule has 1 saturated heterocycles. The molecule has 2 aromatic carbocycles. The van der Waals surface area contributed by atoms with Crippen LogP contribution in [-0.4, -0.2) is 60.0 Å². The molecule has 3 heterocycles. The highest BCUT2D eigenvalue weighted by atomic mass is 35.5. The van der Waals surface area contributed by atoms with Gasteiger partial charge in [0, 0.05) is 61.3 Å². The molecule has 1 atom stereocenters. The summed E-state index contributed by atoms with van der Waals surface area (Å²) in [6.45, 7) is 1.94. The first-order valence-corrected chi connectivity index (χ1v) is 13.4. The number of urea groups is 1. The summed E-state index contributed by atoms with van der Waals surface area (Å²) in [4.78, 5) is 35.3. The number of carboxylic acid groups (broad SMARTS) is 1. The van der Waals surface area contributed by atoms with E-state index in [1.165, 1.54) is 4.90 Å². The van der Waals surface area contributed by atoms with Crippen molar-refractivity contribution in [3.05, 3.63) is 76.5 Å². The lowest BCUT2D eigenvalue weighted by atomic mass is 9.94. The Hall–Kier alpha value is -3.69. The number of rotatable bonds is 5. The van der Waals surface area contributed by atoms with Gasteiger partial charge in [-0.05, 0) is 61.4 Å². The van der Waals surface area contributed by atoms with Crippen molar-refractivity contribution in [2.45, 2.75) is 31.3 Å². The van der Waals surface area contributed by atoms with Gasteiger partial charge in [-0.25, -0.2) is 9.59 Å². The number of carbonyl (C=O) groups is 2. The summed E-state index contributed by atoms with van der Waals surface area (Å²) in [5.74, 6) is 0.766. The number of carbonyl (C=O) groups excluding carboxylic acids is 1. The van der Waals surface area contributed by atoms with Crippen molar-refractivity contribution in [3.8, 4) is 11.5 Å². The van der Waals surface area contributed by atoms with Crippen LogP contribution < -0.4 is 19.3 Å². The second-order valence-electron chi connectivity index (χ2n) is 9.49. The van der Waals surface area contributed by atoms with Crippen molar-refractivity contribution in [2.24, 2.45) is 0 Å². The highest BCUT2D eigenvalue weighted by Gasteiger charge is 2.39. The molecule has 2 amide bonds. The number of hydrogen-bond acceptors (Lipinski definition) is 6. The van der Waals surface area contributed by atoms with Gasteiger partial charge in [-0.1, -0.05) is 23.2 Å². The second-order valence-corrected chi connectivity index (χ2v) is 10.3. The molecule has 0 radical (unpaired) electrons. The fourth-order valence-electron chi connectivity index (χ4n) is 5.33. The molecule has 204 valence electrons. The molecule has 9 nitrogen and oxygen atoms in total. The van der Waals surface area contributed by atoms with Crippen molar-refractivity contribution in [1.82, 2.24) is 9.88 Å². The number of hydrogen-bond donors (Lipinski definition) is 1. The number of pyridine rings is 1. The summed E-state index contributed by atoms with van der Waals surface area (Å²) in [7, 11) is 1.68. The Labute approximate surface area is 236 Å². The van der Waals surface area contributed by atoms with Crippen LogP contribution in [0.1, 0.15) is 30.9 Å². The molecule has 1 N–H and O–H groups in total. The molecule has 39 heavy (non-hydrogen) atoms. The first-order valence-electron chi connectivity index (χ1n) is 12.7. The maximum absolute atomic E-state index is 14.3. The smallest absolute Gasteiger partial charge is 0.493 e. The van der Waals surface area contributed by atoms with E-state index in [0.717, 1.165) is 31.6 Å². The fraction of sp³-hybridized carbons (Fsp3) is 0.321. The SMILES string of the molecule is CN(C(=O)N(C1CCN(c2ccncc2)CC1)C1CCOc2ccc(OC(=O)O)cc21)c1cc(Cl)ccc1Cl. The van der Waals surface area contributed by atoms with E-state index in [-0.39, 0.29) is 23.9 Å². The Morgan fingerprint density at radius 1 is 1.05 bits per heavy atom. The van der Waals surface area contributed by atoms with Gasteiger partial charge in [0.15, 0.2) is 0 Å². The third kappa shape index (κ3) is 5.84. The monoisotopic (exact) mass is 570 g/mol. The number of amides is 2. The van der Waals surface area contributed by atoms with Gasteiger partial charge in [0.1, 0.15) is 11.5 Å². The van der Waals surface area contributed by atoms with Gasteiger partial charge in [0.2, 0.25) is 0 Å². The van der Waals surface area contributed by atoms with Crippen LogP contribution in [0.25, 0.3) is 0 Å². The van der Waals surface area contributed by atoms with Crippen LogP contribution in [0.5, 0.6) is 11.5 Å². The molecule has 5 rings (SSSR count). The summed E-state index contributed by atoms with van der Waals surface area (Å²) in [5.41, 5.74) is 2.30. The van der Waals surface area contributed by atoms with Gasteiger partial charge in [0.25, 0.3) is 0 Å². The minimum atomic E-state index is -1.41. The summed E-state index contributed by atoms with van der Waals surface area (Å²) in [6, 6.07) is 13.2. The van der Waals surface area contributed by atoms with Crippen molar-refractivity contribution < 1.29 is 24.2 Å². The number of nitrogens with zero attached hydrogens (tertiary/aromatic N) is 4. The molecule has 2 aliphatic heterocycles. The number of benzene rings is 2. The van der Waals surface area contributed by atoms with E-state index < -0.39 is 6.16 Å². The largest absolute Gasteiger partial charge is 0.511 e. The lowest BCUT2D eigenvalue weighted by molar-refractivity contribution is 0.109. The third-order valence-corrected chi connectivity index (χ3v) is 7.75. The molecular weight excluding hydrogens is 543 g/mol. The molecule has 1 fully saturated rings. The second kappa shape index (κ2) is 11.6. The minimum absolute atomic E-state index is 0.0870. The summed E-state index contributed by atoms with van der Waals surface area (Å²) in [5, 5.41) is 10.0. The Morgan fingerprint density at radius 2 is 1.79 bits per heavy atom. The molecule has 11 heteroatoms. The molecule has 0 spiro atoms. The topological polar surface area (TPSA) is 95.4 Å². The molecule has 1 unspecified atom stereocenters. The number of fused-ring (bicyclic) bond motifs is 1. The van der Waals surface area contributed by atoms with Crippen molar-refractivity contribution in [1.29, 1.82) is 0 Å². The van der Waals surface area contributed by atoms with E-state index in [1.807, 2.05) is 17.0 Å². The van der Waals surface area contributed by atoms with Gasteiger partial charge in [0.05, 0.1) is 23.4 Å². The van der Waals surface area contributed by atoms with E-state index in [2.05, 4.69) is 9.88 Å².